The van der Waals surface area contributed by atoms with E-state index in [1.54, 1.807) is 9.80 Å². The van der Waals surface area contributed by atoms with Crippen LogP contribution in [0.5, 0.6) is 0 Å². The molecule has 4 amide bonds. The number of nitrogens with one attached hydrogen (secondary N) is 4. The van der Waals surface area contributed by atoms with Crippen molar-refractivity contribution in [3.05, 3.63) is 60.4 Å². The first-order chi connectivity index (χ1) is 25.7. The lowest BCUT2D eigenvalue weighted by Crippen LogP contribution is -2.49. The van der Waals surface area contributed by atoms with E-state index in [4.69, 9.17) is 14.4 Å². The number of benzene rings is 2. The number of H-pyrrole nitrogens is 2. The molecule has 4 fully saturated rings. The summed E-state index contributed by atoms with van der Waals surface area (Å²) < 4.78 is 6.37. The second-order valence-corrected chi connectivity index (χ2v) is 14.8. The monoisotopic (exact) mass is 720 g/mol. The molecule has 0 bridgehead atoms. The fourth-order valence-corrected chi connectivity index (χ4v) is 8.28. The quantitative estimate of drug-likeness (QED) is 0.103. The Bertz CT molecular complexity index is 2100. The summed E-state index contributed by atoms with van der Waals surface area (Å²) in [5, 5.41) is 25.4. The van der Waals surface area contributed by atoms with Crippen molar-refractivity contribution >= 4 is 45.9 Å². The van der Waals surface area contributed by atoms with Crippen LogP contribution < -0.4 is 10.6 Å². The minimum absolute atomic E-state index is 0.0472. The maximum absolute atomic E-state index is 13.4. The number of likely N-dealkylation sites (tertiary alicyclic amines) is 2. The molecule has 0 unspecified atom stereocenters. The zero-order valence-electron chi connectivity index (χ0n) is 28.9. The number of nitrogens with zero attached hydrogens (tertiary/aromatic N) is 4. The van der Waals surface area contributed by atoms with Gasteiger partial charge in [0.05, 0.1) is 23.5 Å². The standard InChI is InChI=1S/C38H40N8O7/c47-35(31(19-5-6-19)43-37(49)50)45-13-1-3-27(45)33-39-17-25(41-33)21-9-11-23-24-12-10-22(16-30(24)53-29(23)15-21)26-18-40-34(42-26)28-4-2-14-46(28)36(48)32(20-7-8-20)44-38(51)52/h9-12,15-20,27-28,31-32,43-44H,1-8,13-14H2,(H,39,41)(H,40,42)(H,49,50)(H,51,52)/t27-,28-,31-,32-/m0/s1. The number of rotatable bonds is 10. The Kier molecular flexibility index (Phi) is 8.08. The van der Waals surface area contributed by atoms with Gasteiger partial charge < -0.3 is 45.0 Å². The summed E-state index contributed by atoms with van der Waals surface area (Å²) in [6, 6.07) is 9.98. The van der Waals surface area contributed by atoms with E-state index in [9.17, 15) is 29.4 Å². The SMILES string of the molecule is O=C(O)N[C@H](C(=O)N1CCC[C@H]1c1nc(-c2ccc3c(c2)oc2cc(-c4c[nH]c([C@@H]5CCCN5C(=O)[C@@H](NC(=O)O)C5CC5)n4)ccc23)c[nH]1)C1CC1. The molecule has 274 valence electrons. The second-order valence-electron chi connectivity index (χ2n) is 14.8. The van der Waals surface area contributed by atoms with Crippen LogP contribution in [0.25, 0.3) is 44.5 Å². The lowest BCUT2D eigenvalue weighted by molar-refractivity contribution is -0.135. The third-order valence-corrected chi connectivity index (χ3v) is 11.2. The Morgan fingerprint density at radius 3 is 1.51 bits per heavy atom. The number of furan rings is 1. The number of hydrogen-bond acceptors (Lipinski definition) is 7. The van der Waals surface area contributed by atoms with Crippen molar-refractivity contribution in [1.82, 2.24) is 40.4 Å². The van der Waals surface area contributed by atoms with Gasteiger partial charge in [-0.25, -0.2) is 19.6 Å². The Morgan fingerprint density at radius 2 is 1.11 bits per heavy atom. The van der Waals surface area contributed by atoms with Crippen LogP contribution in [0.4, 0.5) is 9.59 Å². The summed E-state index contributed by atoms with van der Waals surface area (Å²) in [6.07, 6.45) is 7.78. The smallest absolute Gasteiger partial charge is 0.405 e. The molecule has 5 heterocycles. The summed E-state index contributed by atoms with van der Waals surface area (Å²) in [5.41, 5.74) is 4.55. The maximum Gasteiger partial charge on any atom is 0.405 e. The first-order valence-corrected chi connectivity index (χ1v) is 18.4. The lowest BCUT2D eigenvalue weighted by atomic mass is 10.1. The van der Waals surface area contributed by atoms with Gasteiger partial charge >= 0.3 is 12.2 Å². The van der Waals surface area contributed by atoms with Gasteiger partial charge in [-0.05, 0) is 87.5 Å². The molecule has 2 aromatic carbocycles. The number of hydrogen-bond donors (Lipinski definition) is 6. The highest BCUT2D eigenvalue weighted by Crippen LogP contribution is 2.40. The number of carboxylic acid groups (broad SMARTS) is 2. The van der Waals surface area contributed by atoms with E-state index in [2.05, 4.69) is 20.6 Å². The summed E-state index contributed by atoms with van der Waals surface area (Å²) in [4.78, 5) is 69.5. The summed E-state index contributed by atoms with van der Waals surface area (Å²) in [7, 11) is 0. The van der Waals surface area contributed by atoms with Crippen LogP contribution in [0.2, 0.25) is 0 Å². The fraction of sp³-hybridized carbons (Fsp3) is 0.421. The van der Waals surface area contributed by atoms with Gasteiger partial charge in [0.2, 0.25) is 11.8 Å². The van der Waals surface area contributed by atoms with E-state index < -0.39 is 24.3 Å². The molecule has 2 aliphatic carbocycles. The normalized spacial score (nSPS) is 21.3. The van der Waals surface area contributed by atoms with Gasteiger partial charge in [0.15, 0.2) is 0 Å². The highest BCUT2D eigenvalue weighted by atomic mass is 16.4. The number of imidazole rings is 2. The van der Waals surface area contributed by atoms with E-state index >= 15 is 0 Å². The van der Waals surface area contributed by atoms with Crippen LogP contribution in [0.15, 0.2) is 53.2 Å². The second kappa shape index (κ2) is 13.0. The number of aromatic nitrogens is 4. The van der Waals surface area contributed by atoms with Crippen molar-refractivity contribution < 1.29 is 33.8 Å². The van der Waals surface area contributed by atoms with Crippen LogP contribution in [0, 0.1) is 11.8 Å². The Morgan fingerprint density at radius 1 is 0.679 bits per heavy atom. The average Bonchev–Trinajstić information content (AvgIpc) is 3.77. The van der Waals surface area contributed by atoms with Crippen molar-refractivity contribution in [2.45, 2.75) is 75.5 Å². The van der Waals surface area contributed by atoms with Crippen LogP contribution in [-0.2, 0) is 9.59 Å². The largest absolute Gasteiger partial charge is 0.465 e. The predicted molar refractivity (Wildman–Crippen MR) is 192 cm³/mol. The van der Waals surface area contributed by atoms with Crippen molar-refractivity contribution in [1.29, 1.82) is 0 Å². The topological polar surface area (TPSA) is 210 Å². The third-order valence-electron chi connectivity index (χ3n) is 11.2. The molecule has 15 nitrogen and oxygen atoms in total. The van der Waals surface area contributed by atoms with Crippen LogP contribution in [0.3, 0.4) is 0 Å². The molecule has 4 aliphatic rings. The van der Waals surface area contributed by atoms with Crippen LogP contribution in [0.1, 0.15) is 75.1 Å². The van der Waals surface area contributed by atoms with E-state index in [1.165, 1.54) is 0 Å². The highest BCUT2D eigenvalue weighted by molar-refractivity contribution is 6.06. The van der Waals surface area contributed by atoms with Crippen molar-refractivity contribution in [3.8, 4) is 22.5 Å². The van der Waals surface area contributed by atoms with Crippen molar-refractivity contribution in [2.24, 2.45) is 11.8 Å². The number of carbonyl (C=O) groups is 4. The molecule has 9 rings (SSSR count). The molecular formula is C38H40N8O7. The van der Waals surface area contributed by atoms with Crippen LogP contribution >= 0.6 is 0 Å². The van der Waals surface area contributed by atoms with Gasteiger partial charge in [0.1, 0.15) is 34.9 Å². The Balaban J connectivity index is 0.929. The Hall–Kier alpha value is -5.86. The number of amides is 4. The van der Waals surface area contributed by atoms with E-state index in [1.807, 2.05) is 48.8 Å². The first kappa shape index (κ1) is 33.0. The van der Waals surface area contributed by atoms with Gasteiger partial charge in [-0.3, -0.25) is 9.59 Å². The number of carbonyl (C=O) groups excluding carboxylic acids is 2. The van der Waals surface area contributed by atoms with E-state index in [0.717, 1.165) is 84.7 Å². The maximum atomic E-state index is 13.4. The average molecular weight is 721 g/mol. The number of fused-ring (bicyclic) bond motifs is 3. The zero-order chi connectivity index (χ0) is 36.4. The van der Waals surface area contributed by atoms with Crippen molar-refractivity contribution in [2.75, 3.05) is 13.1 Å². The molecule has 0 spiro atoms. The molecule has 4 atom stereocenters. The third kappa shape index (κ3) is 6.23. The minimum atomic E-state index is -1.18. The molecule has 53 heavy (non-hydrogen) atoms. The molecule has 2 saturated heterocycles. The first-order valence-electron chi connectivity index (χ1n) is 18.4. The summed E-state index contributed by atoms with van der Waals surface area (Å²) in [6.45, 7) is 1.12. The zero-order valence-corrected chi connectivity index (χ0v) is 28.9. The van der Waals surface area contributed by atoms with Crippen LogP contribution in [-0.4, -0.2) is 89.1 Å². The van der Waals surface area contributed by atoms with E-state index in [0.29, 0.717) is 35.9 Å². The molecule has 2 saturated carbocycles. The molecule has 6 N–H and O–H groups in total. The van der Waals surface area contributed by atoms with E-state index in [-0.39, 0.29) is 35.7 Å². The van der Waals surface area contributed by atoms with Gasteiger partial charge in [-0.2, -0.15) is 0 Å². The molecule has 3 aromatic heterocycles. The summed E-state index contributed by atoms with van der Waals surface area (Å²) >= 11 is 0. The molecule has 15 heteroatoms. The molecule has 5 aromatic rings. The molecule has 2 aliphatic heterocycles. The molecule has 0 radical (unpaired) electrons. The van der Waals surface area contributed by atoms with Crippen molar-refractivity contribution in [3.63, 3.8) is 0 Å². The minimum Gasteiger partial charge on any atom is -0.465 e. The van der Waals surface area contributed by atoms with Gasteiger partial charge in [-0.15, -0.1) is 0 Å². The molecular weight excluding hydrogens is 680 g/mol. The number of aromatic amines is 2. The fourth-order valence-electron chi connectivity index (χ4n) is 8.28. The highest BCUT2D eigenvalue weighted by Gasteiger charge is 2.44. The lowest BCUT2D eigenvalue weighted by Gasteiger charge is -2.27. The van der Waals surface area contributed by atoms with Gasteiger partial charge in [-0.1, -0.05) is 12.1 Å². The van der Waals surface area contributed by atoms with Gasteiger partial charge in [0.25, 0.3) is 0 Å². The predicted octanol–water partition coefficient (Wildman–Crippen LogP) is 5.79. The summed E-state index contributed by atoms with van der Waals surface area (Å²) in [5.74, 6) is 1.07. The van der Waals surface area contributed by atoms with Gasteiger partial charge in [0, 0.05) is 47.4 Å². The Labute approximate surface area is 303 Å².